The highest BCUT2D eigenvalue weighted by Gasteiger charge is 2.34. The number of nitrogens with zero attached hydrogens (tertiary/aromatic N) is 3. The minimum atomic E-state index is -3.99. The van der Waals surface area contributed by atoms with E-state index in [1.165, 1.54) is 20.3 Å². The number of rotatable bonds is 5. The molecule has 0 amide bonds. The maximum Gasteiger partial charge on any atom is 0.321 e. The molecule has 1 atom stereocenters. The van der Waals surface area contributed by atoms with Gasteiger partial charge in [0, 0.05) is 14.1 Å². The maximum atomic E-state index is 12.3. The van der Waals surface area contributed by atoms with Crippen molar-refractivity contribution in [3.05, 3.63) is 11.2 Å². The molecule has 1 aromatic heterocycles. The van der Waals surface area contributed by atoms with Crippen LogP contribution in [0, 0.1) is 0 Å². The number of sulfonamides is 1. The molecule has 0 saturated heterocycles. The standard InChI is InChI=1S/C9H14ClN3O4S/c1-4-7(9(14)15)13(3)18(16,17)8-6(10)5-11-12(8)2/h5,7H,4H2,1-3H3,(H,14,15). The monoisotopic (exact) mass is 295 g/mol. The minimum absolute atomic E-state index is 0.0374. The van der Waals surface area contributed by atoms with E-state index in [1.54, 1.807) is 6.92 Å². The van der Waals surface area contributed by atoms with Crippen LogP contribution in [0.3, 0.4) is 0 Å². The molecule has 1 heterocycles. The molecule has 7 nitrogen and oxygen atoms in total. The quantitative estimate of drug-likeness (QED) is 0.856. The Morgan fingerprint density at radius 2 is 2.22 bits per heavy atom. The number of carboxylic acids is 1. The molecule has 18 heavy (non-hydrogen) atoms. The predicted molar refractivity (Wildman–Crippen MR) is 64.9 cm³/mol. The second-order valence-corrected chi connectivity index (χ2v) is 6.02. The highest BCUT2D eigenvalue weighted by Crippen LogP contribution is 2.24. The summed E-state index contributed by atoms with van der Waals surface area (Å²) < 4.78 is 26.4. The molecule has 0 spiro atoms. The number of carboxylic acid groups (broad SMARTS) is 1. The third-order valence-corrected chi connectivity index (χ3v) is 4.95. The summed E-state index contributed by atoms with van der Waals surface area (Å²) in [6.07, 6.45) is 1.35. The largest absolute Gasteiger partial charge is 0.480 e. The summed E-state index contributed by atoms with van der Waals surface area (Å²) in [6, 6.07) is -1.14. The van der Waals surface area contributed by atoms with Crippen molar-refractivity contribution in [2.24, 2.45) is 7.05 Å². The Balaban J connectivity index is 3.27. The first-order chi connectivity index (χ1) is 8.23. The van der Waals surface area contributed by atoms with Gasteiger partial charge in [-0.15, -0.1) is 0 Å². The van der Waals surface area contributed by atoms with Crippen molar-refractivity contribution in [3.8, 4) is 0 Å². The molecular formula is C9H14ClN3O4S. The van der Waals surface area contributed by atoms with Crippen molar-refractivity contribution in [2.75, 3.05) is 7.05 Å². The Labute approximate surface area is 110 Å². The van der Waals surface area contributed by atoms with Gasteiger partial charge in [0.2, 0.25) is 0 Å². The van der Waals surface area contributed by atoms with Crippen LogP contribution in [0.2, 0.25) is 5.02 Å². The van der Waals surface area contributed by atoms with Gasteiger partial charge in [0.1, 0.15) is 6.04 Å². The molecule has 1 unspecified atom stereocenters. The van der Waals surface area contributed by atoms with Crippen LogP contribution < -0.4 is 0 Å². The molecule has 102 valence electrons. The van der Waals surface area contributed by atoms with Gasteiger partial charge in [-0.25, -0.2) is 8.42 Å². The van der Waals surface area contributed by atoms with Gasteiger partial charge in [0.25, 0.3) is 10.0 Å². The third kappa shape index (κ3) is 2.50. The number of carbonyl (C=O) groups is 1. The van der Waals surface area contributed by atoms with E-state index in [0.717, 1.165) is 8.99 Å². The minimum Gasteiger partial charge on any atom is -0.480 e. The summed E-state index contributed by atoms with van der Waals surface area (Å²) >= 11 is 5.76. The molecule has 0 aliphatic rings. The van der Waals surface area contributed by atoms with Crippen molar-refractivity contribution in [1.29, 1.82) is 0 Å². The third-order valence-electron chi connectivity index (χ3n) is 2.58. The number of aliphatic carboxylic acids is 1. The van der Waals surface area contributed by atoms with Gasteiger partial charge in [-0.3, -0.25) is 9.48 Å². The van der Waals surface area contributed by atoms with Crippen molar-refractivity contribution < 1.29 is 18.3 Å². The normalized spacial score (nSPS) is 13.8. The summed E-state index contributed by atoms with van der Waals surface area (Å²) in [5.41, 5.74) is 0. The van der Waals surface area contributed by atoms with Gasteiger partial charge in [0.05, 0.1) is 11.2 Å². The van der Waals surface area contributed by atoms with Crippen molar-refractivity contribution in [1.82, 2.24) is 14.1 Å². The Morgan fingerprint density at radius 3 is 2.56 bits per heavy atom. The van der Waals surface area contributed by atoms with Gasteiger partial charge in [-0.2, -0.15) is 9.40 Å². The lowest BCUT2D eigenvalue weighted by molar-refractivity contribution is -0.141. The molecule has 1 N–H and O–H groups in total. The fourth-order valence-electron chi connectivity index (χ4n) is 1.58. The van der Waals surface area contributed by atoms with Crippen LogP contribution in [0.25, 0.3) is 0 Å². The molecule has 1 rings (SSSR count). The molecule has 0 aromatic carbocycles. The molecule has 0 aliphatic heterocycles. The summed E-state index contributed by atoms with van der Waals surface area (Å²) in [4.78, 5) is 11.0. The number of likely N-dealkylation sites (N-methyl/N-ethyl adjacent to an activating group) is 1. The van der Waals surface area contributed by atoms with Crippen molar-refractivity contribution >= 4 is 27.6 Å². The van der Waals surface area contributed by atoms with Crippen LogP contribution >= 0.6 is 11.6 Å². The van der Waals surface area contributed by atoms with Crippen LogP contribution in [0.4, 0.5) is 0 Å². The Kier molecular flexibility index (Phi) is 4.36. The van der Waals surface area contributed by atoms with Gasteiger partial charge in [-0.1, -0.05) is 18.5 Å². The Bertz CT molecular complexity index is 535. The van der Waals surface area contributed by atoms with Gasteiger partial charge >= 0.3 is 5.97 Å². The predicted octanol–water partition coefficient (Wildman–Crippen LogP) is 0.557. The van der Waals surface area contributed by atoms with E-state index in [-0.39, 0.29) is 16.5 Å². The van der Waals surface area contributed by atoms with Crippen molar-refractivity contribution in [3.63, 3.8) is 0 Å². The molecule has 0 aliphatic carbocycles. The zero-order chi connectivity index (χ0) is 14.1. The molecule has 0 fully saturated rings. The lowest BCUT2D eigenvalue weighted by atomic mass is 10.2. The summed E-state index contributed by atoms with van der Waals surface area (Å²) in [6.45, 7) is 1.59. The van der Waals surface area contributed by atoms with Gasteiger partial charge in [-0.05, 0) is 6.42 Å². The van der Waals surface area contributed by atoms with E-state index in [2.05, 4.69) is 5.10 Å². The number of hydrogen-bond acceptors (Lipinski definition) is 4. The summed E-state index contributed by atoms with van der Waals surface area (Å²) in [5.74, 6) is -1.21. The first-order valence-electron chi connectivity index (χ1n) is 5.11. The summed E-state index contributed by atoms with van der Waals surface area (Å²) in [7, 11) is -1.36. The number of aryl methyl sites for hydroxylation is 1. The van der Waals surface area contributed by atoms with Gasteiger partial charge < -0.3 is 5.11 Å². The van der Waals surface area contributed by atoms with Crippen LogP contribution in [0.15, 0.2) is 11.2 Å². The topological polar surface area (TPSA) is 92.5 Å². The smallest absolute Gasteiger partial charge is 0.321 e. The molecule has 0 bridgehead atoms. The maximum absolute atomic E-state index is 12.3. The van der Waals surface area contributed by atoms with Crippen LogP contribution in [-0.4, -0.2) is 46.7 Å². The molecular weight excluding hydrogens is 282 g/mol. The van der Waals surface area contributed by atoms with E-state index in [9.17, 15) is 13.2 Å². The van der Waals surface area contributed by atoms with E-state index in [4.69, 9.17) is 16.7 Å². The number of hydrogen-bond donors (Lipinski definition) is 1. The van der Waals surface area contributed by atoms with Crippen LogP contribution in [0.5, 0.6) is 0 Å². The Hall–Kier alpha value is -1.12. The van der Waals surface area contributed by atoms with E-state index < -0.39 is 22.0 Å². The fraction of sp³-hybridized carbons (Fsp3) is 0.556. The number of halogens is 1. The highest BCUT2D eigenvalue weighted by molar-refractivity contribution is 7.89. The second kappa shape index (κ2) is 5.25. The highest BCUT2D eigenvalue weighted by atomic mass is 35.5. The first-order valence-corrected chi connectivity index (χ1v) is 6.93. The van der Waals surface area contributed by atoms with E-state index in [0.29, 0.717) is 0 Å². The molecule has 9 heteroatoms. The second-order valence-electron chi connectivity index (χ2n) is 3.70. The number of aromatic nitrogens is 2. The molecule has 0 saturated carbocycles. The van der Waals surface area contributed by atoms with E-state index >= 15 is 0 Å². The lowest BCUT2D eigenvalue weighted by Gasteiger charge is -2.23. The SMILES string of the molecule is CCC(C(=O)O)N(C)S(=O)(=O)c1c(Cl)cnn1C. The first kappa shape index (κ1) is 14.9. The zero-order valence-electron chi connectivity index (χ0n) is 10.2. The average molecular weight is 296 g/mol. The fourth-order valence-corrected chi connectivity index (χ4v) is 3.57. The Morgan fingerprint density at radius 1 is 1.67 bits per heavy atom. The zero-order valence-corrected chi connectivity index (χ0v) is 11.7. The van der Waals surface area contributed by atoms with Crippen LogP contribution in [0.1, 0.15) is 13.3 Å². The molecule has 1 aromatic rings. The average Bonchev–Trinajstić information content (AvgIpc) is 2.59. The lowest BCUT2D eigenvalue weighted by Crippen LogP contribution is -2.42. The summed E-state index contributed by atoms with van der Waals surface area (Å²) in [5, 5.41) is 12.5. The van der Waals surface area contributed by atoms with E-state index in [1.807, 2.05) is 0 Å². The van der Waals surface area contributed by atoms with Gasteiger partial charge in [0.15, 0.2) is 5.03 Å². The van der Waals surface area contributed by atoms with Crippen LogP contribution in [-0.2, 0) is 21.9 Å². The molecule has 0 radical (unpaired) electrons. The van der Waals surface area contributed by atoms with Crippen molar-refractivity contribution in [2.45, 2.75) is 24.4 Å².